The van der Waals surface area contributed by atoms with E-state index in [1.807, 2.05) is 13.8 Å². The second-order valence-electron chi connectivity index (χ2n) is 5.96. The molecule has 0 aromatic heterocycles. The van der Waals surface area contributed by atoms with Crippen LogP contribution in [0.3, 0.4) is 0 Å². The lowest BCUT2D eigenvalue weighted by Crippen LogP contribution is -2.33. The Morgan fingerprint density at radius 2 is 1.84 bits per heavy atom. The third kappa shape index (κ3) is 3.50. The molecule has 1 aliphatic rings. The van der Waals surface area contributed by atoms with Crippen molar-refractivity contribution in [2.24, 2.45) is 0 Å². The van der Waals surface area contributed by atoms with Crippen molar-refractivity contribution in [3.05, 3.63) is 28.8 Å². The van der Waals surface area contributed by atoms with Gasteiger partial charge in [-0.3, -0.25) is 4.90 Å². The first-order valence-electron chi connectivity index (χ1n) is 7.65. The van der Waals surface area contributed by atoms with Crippen molar-refractivity contribution in [3.8, 4) is 5.75 Å². The number of hydrogen-bond donors (Lipinski definition) is 1. The van der Waals surface area contributed by atoms with Gasteiger partial charge in [0.05, 0.1) is 0 Å². The van der Waals surface area contributed by atoms with Crippen LogP contribution in [0.5, 0.6) is 5.75 Å². The average molecular weight is 261 g/mol. The Kier molecular flexibility index (Phi) is 4.87. The van der Waals surface area contributed by atoms with Crippen molar-refractivity contribution in [3.63, 3.8) is 0 Å². The molecule has 2 rings (SSSR count). The van der Waals surface area contributed by atoms with Crippen molar-refractivity contribution < 1.29 is 5.11 Å². The van der Waals surface area contributed by atoms with E-state index in [2.05, 4.69) is 24.0 Å². The highest BCUT2D eigenvalue weighted by molar-refractivity contribution is 5.42. The molecule has 1 aromatic rings. The van der Waals surface area contributed by atoms with E-state index in [1.165, 1.54) is 44.2 Å². The minimum atomic E-state index is 0.451. The third-order valence-electron chi connectivity index (χ3n) is 4.41. The van der Waals surface area contributed by atoms with E-state index in [-0.39, 0.29) is 0 Å². The minimum Gasteiger partial charge on any atom is -0.507 e. The van der Waals surface area contributed by atoms with Gasteiger partial charge in [0.15, 0.2) is 0 Å². The van der Waals surface area contributed by atoms with Gasteiger partial charge in [0.2, 0.25) is 0 Å². The summed E-state index contributed by atoms with van der Waals surface area (Å²) in [6.07, 6.45) is 6.67. The summed E-state index contributed by atoms with van der Waals surface area (Å²) < 4.78 is 0. The topological polar surface area (TPSA) is 23.5 Å². The first kappa shape index (κ1) is 14.4. The zero-order valence-corrected chi connectivity index (χ0v) is 12.6. The average Bonchev–Trinajstić information content (AvgIpc) is 2.61. The fraction of sp³-hybridized carbons (Fsp3) is 0.647. The molecule has 106 valence electrons. The highest BCUT2D eigenvalue weighted by Gasteiger charge is 2.19. The maximum absolute atomic E-state index is 9.87. The normalized spacial score (nSPS) is 21.3. The second kappa shape index (κ2) is 6.42. The van der Waals surface area contributed by atoms with E-state index in [1.54, 1.807) is 0 Å². The third-order valence-corrected chi connectivity index (χ3v) is 4.41. The van der Waals surface area contributed by atoms with E-state index < -0.39 is 0 Å². The molecule has 0 radical (unpaired) electrons. The van der Waals surface area contributed by atoms with Crippen LogP contribution in [0.2, 0.25) is 0 Å². The highest BCUT2D eigenvalue weighted by atomic mass is 16.3. The van der Waals surface area contributed by atoms with Crippen molar-refractivity contribution >= 4 is 0 Å². The van der Waals surface area contributed by atoms with Crippen LogP contribution in [0.1, 0.15) is 55.7 Å². The molecule has 2 nitrogen and oxygen atoms in total. The maximum atomic E-state index is 9.87. The van der Waals surface area contributed by atoms with Crippen LogP contribution in [0, 0.1) is 13.8 Å². The number of benzene rings is 1. The monoisotopic (exact) mass is 261 g/mol. The number of likely N-dealkylation sites (tertiary alicyclic amines) is 1. The Hall–Kier alpha value is -1.02. The lowest BCUT2D eigenvalue weighted by Gasteiger charge is -2.29. The minimum absolute atomic E-state index is 0.451. The molecule has 0 spiro atoms. The molecule has 19 heavy (non-hydrogen) atoms. The van der Waals surface area contributed by atoms with Gasteiger partial charge in [-0.25, -0.2) is 0 Å². The molecule has 0 saturated carbocycles. The molecule has 0 aliphatic carbocycles. The van der Waals surface area contributed by atoms with Crippen LogP contribution < -0.4 is 0 Å². The summed E-state index contributed by atoms with van der Waals surface area (Å²) >= 11 is 0. The van der Waals surface area contributed by atoms with Crippen LogP contribution in [-0.2, 0) is 6.54 Å². The fourth-order valence-corrected chi connectivity index (χ4v) is 3.28. The van der Waals surface area contributed by atoms with Crippen molar-refractivity contribution in [2.45, 2.75) is 65.5 Å². The van der Waals surface area contributed by atoms with Gasteiger partial charge in [-0.15, -0.1) is 0 Å². The van der Waals surface area contributed by atoms with Gasteiger partial charge in [-0.2, -0.15) is 0 Å². The first-order valence-corrected chi connectivity index (χ1v) is 7.65. The highest BCUT2D eigenvalue weighted by Crippen LogP contribution is 2.26. The van der Waals surface area contributed by atoms with Gasteiger partial charge in [-0.05, 0) is 56.3 Å². The van der Waals surface area contributed by atoms with Crippen LogP contribution in [0.15, 0.2) is 12.1 Å². The zero-order chi connectivity index (χ0) is 13.8. The number of aryl methyl sites for hydroxylation is 2. The van der Waals surface area contributed by atoms with Crippen LogP contribution in [0.4, 0.5) is 0 Å². The van der Waals surface area contributed by atoms with E-state index in [0.29, 0.717) is 5.75 Å². The smallest absolute Gasteiger partial charge is 0.121 e. The summed E-state index contributed by atoms with van der Waals surface area (Å²) in [7, 11) is 0. The number of hydrogen-bond acceptors (Lipinski definition) is 2. The summed E-state index contributed by atoms with van der Waals surface area (Å²) in [6, 6.07) is 5.01. The van der Waals surface area contributed by atoms with Crippen LogP contribution >= 0.6 is 0 Å². The Bertz CT molecular complexity index is 404. The second-order valence-corrected chi connectivity index (χ2v) is 5.96. The molecule has 2 heteroatoms. The fourth-order valence-electron chi connectivity index (χ4n) is 3.28. The van der Waals surface area contributed by atoms with E-state index in [0.717, 1.165) is 23.7 Å². The number of phenolic OH excluding ortho intramolecular Hbond substituents is 1. The van der Waals surface area contributed by atoms with Gasteiger partial charge >= 0.3 is 0 Å². The Morgan fingerprint density at radius 1 is 1.16 bits per heavy atom. The van der Waals surface area contributed by atoms with Crippen LogP contribution in [-0.4, -0.2) is 22.6 Å². The SMILES string of the molecule is CCC1CCCCCN1Cc1cc(C)c(O)c(C)c1. The maximum Gasteiger partial charge on any atom is 0.121 e. The lowest BCUT2D eigenvalue weighted by atomic mass is 10.0. The molecule has 0 amide bonds. The molecule has 1 saturated heterocycles. The van der Waals surface area contributed by atoms with E-state index in [9.17, 15) is 5.11 Å². The summed E-state index contributed by atoms with van der Waals surface area (Å²) in [6.45, 7) is 8.53. The predicted octanol–water partition coefficient (Wildman–Crippen LogP) is 4.16. The van der Waals surface area contributed by atoms with Gasteiger partial charge in [-0.1, -0.05) is 31.9 Å². The molecule has 1 N–H and O–H groups in total. The van der Waals surface area contributed by atoms with Gasteiger partial charge < -0.3 is 5.11 Å². The van der Waals surface area contributed by atoms with Crippen molar-refractivity contribution in [2.75, 3.05) is 6.54 Å². The Morgan fingerprint density at radius 3 is 2.47 bits per heavy atom. The van der Waals surface area contributed by atoms with Crippen molar-refractivity contribution in [1.29, 1.82) is 0 Å². The molecule has 1 fully saturated rings. The number of phenols is 1. The number of aromatic hydroxyl groups is 1. The van der Waals surface area contributed by atoms with Crippen molar-refractivity contribution in [1.82, 2.24) is 4.90 Å². The lowest BCUT2D eigenvalue weighted by molar-refractivity contribution is 0.186. The molecule has 1 aliphatic heterocycles. The molecule has 1 heterocycles. The summed E-state index contributed by atoms with van der Waals surface area (Å²) in [4.78, 5) is 2.64. The number of nitrogens with zero attached hydrogens (tertiary/aromatic N) is 1. The summed E-state index contributed by atoms with van der Waals surface area (Å²) in [5.74, 6) is 0.451. The molecule has 1 aromatic carbocycles. The van der Waals surface area contributed by atoms with E-state index >= 15 is 0 Å². The molecule has 1 unspecified atom stereocenters. The van der Waals surface area contributed by atoms with Crippen LogP contribution in [0.25, 0.3) is 0 Å². The summed E-state index contributed by atoms with van der Waals surface area (Å²) in [5, 5.41) is 9.87. The molecular formula is C17H27NO. The first-order chi connectivity index (χ1) is 9.11. The van der Waals surface area contributed by atoms with Gasteiger partial charge in [0, 0.05) is 12.6 Å². The Balaban J connectivity index is 2.14. The molecule has 1 atom stereocenters. The van der Waals surface area contributed by atoms with E-state index in [4.69, 9.17) is 0 Å². The predicted molar refractivity (Wildman–Crippen MR) is 80.5 cm³/mol. The zero-order valence-electron chi connectivity index (χ0n) is 12.6. The van der Waals surface area contributed by atoms with Gasteiger partial charge in [0.1, 0.15) is 5.75 Å². The largest absolute Gasteiger partial charge is 0.507 e. The molecular weight excluding hydrogens is 234 g/mol. The molecule has 0 bridgehead atoms. The quantitative estimate of drug-likeness (QED) is 0.883. The summed E-state index contributed by atoms with van der Waals surface area (Å²) in [5.41, 5.74) is 3.34. The van der Waals surface area contributed by atoms with Gasteiger partial charge in [0.25, 0.3) is 0 Å². The standard InChI is InChI=1S/C17H27NO/c1-4-16-8-6-5-7-9-18(16)12-15-10-13(2)17(19)14(3)11-15/h10-11,16,19H,4-9,12H2,1-3H3. The number of rotatable bonds is 3. The Labute approximate surface area is 117 Å².